The van der Waals surface area contributed by atoms with E-state index in [1.54, 1.807) is 12.1 Å². The highest BCUT2D eigenvalue weighted by atomic mass is 19.1. The van der Waals surface area contributed by atoms with Crippen LogP contribution in [0.25, 0.3) is 0 Å². The average molecular weight is 331 g/mol. The van der Waals surface area contributed by atoms with E-state index < -0.39 is 5.82 Å². The third-order valence-electron chi connectivity index (χ3n) is 4.30. The number of halogens is 1. The number of aromatic nitrogens is 3. The number of nitrogen functional groups attached to an aromatic ring is 1. The van der Waals surface area contributed by atoms with Crippen LogP contribution in [0.2, 0.25) is 0 Å². The minimum Gasteiger partial charge on any atom is -0.494 e. The summed E-state index contributed by atoms with van der Waals surface area (Å²) in [6, 6.07) is 4.58. The van der Waals surface area contributed by atoms with Gasteiger partial charge in [-0.15, -0.1) is 0 Å². The fourth-order valence-corrected chi connectivity index (χ4v) is 3.11. The second-order valence-corrected chi connectivity index (χ2v) is 6.12. The SMILES string of the molecule is COc1ccc(Nc2nc(N)nc(CC3CCCCC3)n2)cc1F. The molecule has 1 saturated carbocycles. The van der Waals surface area contributed by atoms with Gasteiger partial charge in [0.1, 0.15) is 5.82 Å². The van der Waals surface area contributed by atoms with Gasteiger partial charge in [-0.25, -0.2) is 4.39 Å². The van der Waals surface area contributed by atoms with E-state index in [2.05, 4.69) is 20.3 Å². The van der Waals surface area contributed by atoms with Crippen LogP contribution >= 0.6 is 0 Å². The van der Waals surface area contributed by atoms with Crippen molar-refractivity contribution in [3.8, 4) is 5.75 Å². The Bertz CT molecular complexity index is 703. The lowest BCUT2D eigenvalue weighted by atomic mass is 9.87. The first-order chi connectivity index (χ1) is 11.6. The van der Waals surface area contributed by atoms with E-state index in [1.165, 1.54) is 45.3 Å². The molecule has 0 amide bonds. The molecule has 0 unspecified atom stereocenters. The molecule has 128 valence electrons. The molecule has 0 aliphatic heterocycles. The number of anilines is 3. The van der Waals surface area contributed by atoms with Gasteiger partial charge < -0.3 is 15.8 Å². The molecule has 0 saturated heterocycles. The van der Waals surface area contributed by atoms with E-state index in [0.29, 0.717) is 23.4 Å². The summed E-state index contributed by atoms with van der Waals surface area (Å²) in [5.41, 5.74) is 6.33. The fraction of sp³-hybridized carbons (Fsp3) is 0.471. The van der Waals surface area contributed by atoms with Crippen LogP contribution in [0.15, 0.2) is 18.2 Å². The summed E-state index contributed by atoms with van der Waals surface area (Å²) >= 11 is 0. The molecule has 0 bridgehead atoms. The molecule has 1 aromatic heterocycles. The zero-order chi connectivity index (χ0) is 16.9. The topological polar surface area (TPSA) is 86.0 Å². The van der Waals surface area contributed by atoms with Gasteiger partial charge in [-0.2, -0.15) is 15.0 Å². The number of benzene rings is 1. The van der Waals surface area contributed by atoms with Crippen LogP contribution in [0.3, 0.4) is 0 Å². The third-order valence-corrected chi connectivity index (χ3v) is 4.30. The second kappa shape index (κ2) is 7.42. The van der Waals surface area contributed by atoms with E-state index in [1.807, 2.05) is 0 Å². The lowest BCUT2D eigenvalue weighted by Gasteiger charge is -2.20. The Labute approximate surface area is 140 Å². The van der Waals surface area contributed by atoms with Gasteiger partial charge in [0.05, 0.1) is 7.11 Å². The summed E-state index contributed by atoms with van der Waals surface area (Å²) in [5, 5.41) is 2.98. The standard InChI is InChI=1S/C17H22FN5O/c1-24-14-8-7-12(10-13(14)18)20-17-22-15(21-16(19)23-17)9-11-5-3-2-4-6-11/h7-8,10-11H,2-6,9H2,1H3,(H3,19,20,21,22,23). The van der Waals surface area contributed by atoms with E-state index in [0.717, 1.165) is 6.42 Å². The van der Waals surface area contributed by atoms with Crippen molar-refractivity contribution in [2.24, 2.45) is 5.92 Å². The largest absolute Gasteiger partial charge is 0.494 e. The maximum absolute atomic E-state index is 13.8. The summed E-state index contributed by atoms with van der Waals surface area (Å²) in [5.74, 6) is 1.53. The van der Waals surface area contributed by atoms with Crippen LogP contribution in [-0.2, 0) is 6.42 Å². The molecule has 2 aromatic rings. The Morgan fingerprint density at radius 3 is 2.71 bits per heavy atom. The van der Waals surface area contributed by atoms with Crippen molar-refractivity contribution >= 4 is 17.6 Å². The molecular formula is C17H22FN5O. The maximum Gasteiger partial charge on any atom is 0.232 e. The normalized spacial score (nSPS) is 15.2. The number of nitrogens with one attached hydrogen (secondary N) is 1. The lowest BCUT2D eigenvalue weighted by molar-refractivity contribution is 0.351. The predicted molar refractivity (Wildman–Crippen MR) is 90.8 cm³/mol. The number of nitrogens with zero attached hydrogens (tertiary/aromatic N) is 3. The molecule has 0 radical (unpaired) electrons. The van der Waals surface area contributed by atoms with Gasteiger partial charge in [-0.1, -0.05) is 32.1 Å². The molecular weight excluding hydrogens is 309 g/mol. The van der Waals surface area contributed by atoms with Crippen molar-refractivity contribution in [1.82, 2.24) is 15.0 Å². The van der Waals surface area contributed by atoms with Crippen LogP contribution in [0.1, 0.15) is 37.9 Å². The van der Waals surface area contributed by atoms with Crippen LogP contribution < -0.4 is 15.8 Å². The summed E-state index contributed by atoms with van der Waals surface area (Å²) < 4.78 is 18.7. The van der Waals surface area contributed by atoms with E-state index in [4.69, 9.17) is 10.5 Å². The number of rotatable bonds is 5. The number of hydrogen-bond donors (Lipinski definition) is 2. The summed E-state index contributed by atoms with van der Waals surface area (Å²) in [6.45, 7) is 0. The van der Waals surface area contributed by atoms with Crippen molar-refractivity contribution < 1.29 is 9.13 Å². The van der Waals surface area contributed by atoms with Crippen molar-refractivity contribution in [2.45, 2.75) is 38.5 Å². The Hall–Kier alpha value is -2.44. The molecule has 3 rings (SSSR count). The monoisotopic (exact) mass is 331 g/mol. The minimum absolute atomic E-state index is 0.173. The zero-order valence-electron chi connectivity index (χ0n) is 13.8. The van der Waals surface area contributed by atoms with Crippen LogP contribution in [-0.4, -0.2) is 22.1 Å². The summed E-state index contributed by atoms with van der Waals surface area (Å²) in [7, 11) is 1.43. The Kier molecular flexibility index (Phi) is 5.08. The highest BCUT2D eigenvalue weighted by Crippen LogP contribution is 2.27. The minimum atomic E-state index is -0.452. The van der Waals surface area contributed by atoms with Gasteiger partial charge in [0.25, 0.3) is 0 Å². The van der Waals surface area contributed by atoms with E-state index in [9.17, 15) is 4.39 Å². The molecule has 0 atom stereocenters. The van der Waals surface area contributed by atoms with Crippen LogP contribution in [0.5, 0.6) is 5.75 Å². The Balaban J connectivity index is 1.74. The zero-order valence-corrected chi connectivity index (χ0v) is 13.8. The highest BCUT2D eigenvalue weighted by molar-refractivity contribution is 5.55. The molecule has 1 heterocycles. The number of nitrogens with two attached hydrogens (primary N) is 1. The van der Waals surface area contributed by atoms with Gasteiger partial charge in [-0.05, 0) is 18.1 Å². The highest BCUT2D eigenvalue weighted by Gasteiger charge is 2.16. The van der Waals surface area contributed by atoms with Crippen molar-refractivity contribution in [3.63, 3.8) is 0 Å². The van der Waals surface area contributed by atoms with E-state index in [-0.39, 0.29) is 11.7 Å². The lowest BCUT2D eigenvalue weighted by Crippen LogP contribution is -2.14. The predicted octanol–water partition coefficient (Wildman–Crippen LogP) is 3.47. The molecule has 3 N–H and O–H groups in total. The first-order valence-corrected chi connectivity index (χ1v) is 8.25. The van der Waals surface area contributed by atoms with Gasteiger partial charge in [0.2, 0.25) is 11.9 Å². The molecule has 1 aromatic carbocycles. The molecule has 24 heavy (non-hydrogen) atoms. The van der Waals surface area contributed by atoms with Crippen LogP contribution in [0.4, 0.5) is 22.0 Å². The van der Waals surface area contributed by atoms with Crippen molar-refractivity contribution in [2.75, 3.05) is 18.2 Å². The van der Waals surface area contributed by atoms with Crippen molar-refractivity contribution in [3.05, 3.63) is 29.8 Å². The molecule has 7 heteroatoms. The summed E-state index contributed by atoms with van der Waals surface area (Å²) in [4.78, 5) is 12.7. The van der Waals surface area contributed by atoms with Crippen LogP contribution in [0, 0.1) is 11.7 Å². The first-order valence-electron chi connectivity index (χ1n) is 8.25. The number of ether oxygens (including phenoxy) is 1. The maximum atomic E-state index is 13.8. The summed E-state index contributed by atoms with van der Waals surface area (Å²) in [6.07, 6.45) is 7.06. The molecule has 1 fully saturated rings. The van der Waals surface area contributed by atoms with Gasteiger partial charge in [0, 0.05) is 18.2 Å². The quantitative estimate of drug-likeness (QED) is 0.872. The smallest absolute Gasteiger partial charge is 0.232 e. The molecule has 1 aliphatic carbocycles. The first kappa shape index (κ1) is 16.4. The number of hydrogen-bond acceptors (Lipinski definition) is 6. The van der Waals surface area contributed by atoms with Gasteiger partial charge in [0.15, 0.2) is 11.6 Å². The number of methoxy groups -OCH3 is 1. The Morgan fingerprint density at radius 2 is 2.00 bits per heavy atom. The second-order valence-electron chi connectivity index (χ2n) is 6.12. The van der Waals surface area contributed by atoms with E-state index >= 15 is 0 Å². The third kappa shape index (κ3) is 4.10. The molecule has 6 nitrogen and oxygen atoms in total. The molecule has 1 aliphatic rings. The van der Waals surface area contributed by atoms with Gasteiger partial charge >= 0.3 is 0 Å². The van der Waals surface area contributed by atoms with Gasteiger partial charge in [-0.3, -0.25) is 0 Å². The average Bonchev–Trinajstić information content (AvgIpc) is 2.55. The van der Waals surface area contributed by atoms with Crippen molar-refractivity contribution in [1.29, 1.82) is 0 Å². The Morgan fingerprint density at radius 1 is 1.21 bits per heavy atom. The fourth-order valence-electron chi connectivity index (χ4n) is 3.11. The molecule has 0 spiro atoms.